The monoisotopic (exact) mass is 389 g/mol. The Morgan fingerprint density at radius 1 is 1.17 bits per heavy atom. The average molecular weight is 390 g/mol. The van der Waals surface area contributed by atoms with Gasteiger partial charge in [-0.05, 0) is 52.5 Å². The molecule has 0 fully saturated rings. The number of nitrogens with two attached hydrogens (primary N) is 1. The minimum Gasteiger partial charge on any atom is -0.329 e. The van der Waals surface area contributed by atoms with Gasteiger partial charge in [-0.1, -0.05) is 36.4 Å². The normalized spacial score (nSPS) is 10.8. The zero-order chi connectivity index (χ0) is 17.4. The van der Waals surface area contributed by atoms with Crippen LogP contribution in [0.25, 0.3) is 0 Å². The van der Waals surface area contributed by atoms with Crippen LogP contribution in [0.3, 0.4) is 0 Å². The number of carbonyl (C=O) groups is 1. The van der Waals surface area contributed by atoms with E-state index in [1.165, 1.54) is 5.56 Å². The summed E-state index contributed by atoms with van der Waals surface area (Å²) in [5, 5.41) is 2.96. The van der Waals surface area contributed by atoms with Crippen molar-refractivity contribution in [2.45, 2.75) is 13.3 Å². The van der Waals surface area contributed by atoms with E-state index >= 15 is 0 Å². The molecule has 2 aromatic rings. The molecule has 2 rings (SSSR count). The first-order chi connectivity index (χ1) is 11.6. The minimum absolute atomic E-state index is 0.0268. The van der Waals surface area contributed by atoms with Gasteiger partial charge in [0, 0.05) is 24.1 Å². The van der Waals surface area contributed by atoms with Gasteiger partial charge in [0.2, 0.25) is 5.91 Å². The van der Waals surface area contributed by atoms with E-state index in [-0.39, 0.29) is 5.91 Å². The van der Waals surface area contributed by atoms with E-state index in [9.17, 15) is 4.79 Å². The van der Waals surface area contributed by atoms with Gasteiger partial charge < -0.3 is 11.1 Å². The lowest BCUT2D eigenvalue weighted by Gasteiger charge is -2.21. The summed E-state index contributed by atoms with van der Waals surface area (Å²) in [6.45, 7) is 4.41. The molecule has 0 saturated heterocycles. The number of hydrogen-bond donors (Lipinski definition) is 2. The predicted octanol–water partition coefficient (Wildman–Crippen LogP) is 3.20. The second kappa shape index (κ2) is 9.57. The Labute approximate surface area is 152 Å². The summed E-state index contributed by atoms with van der Waals surface area (Å²) in [4.78, 5) is 14.4. The highest BCUT2D eigenvalue weighted by molar-refractivity contribution is 9.10. The van der Waals surface area contributed by atoms with Crippen molar-refractivity contribution in [2.24, 2.45) is 5.73 Å². The number of rotatable bonds is 8. The van der Waals surface area contributed by atoms with E-state index in [4.69, 9.17) is 5.73 Å². The number of anilines is 1. The third-order valence-corrected chi connectivity index (χ3v) is 4.43. The fourth-order valence-corrected chi connectivity index (χ4v) is 3.09. The van der Waals surface area contributed by atoms with Crippen LogP contribution in [0.4, 0.5) is 5.69 Å². The molecular formula is C19H24BrN3O. The zero-order valence-corrected chi connectivity index (χ0v) is 15.6. The van der Waals surface area contributed by atoms with Crippen LogP contribution in [0.1, 0.15) is 11.1 Å². The van der Waals surface area contributed by atoms with Gasteiger partial charge in [0.15, 0.2) is 0 Å². The molecule has 0 radical (unpaired) electrons. The summed E-state index contributed by atoms with van der Waals surface area (Å²) in [7, 11) is 0. The average Bonchev–Trinajstić information content (AvgIpc) is 2.56. The number of nitrogens with one attached hydrogen (secondary N) is 1. The van der Waals surface area contributed by atoms with Crippen molar-refractivity contribution >= 4 is 27.5 Å². The molecule has 0 atom stereocenters. The van der Waals surface area contributed by atoms with Crippen LogP contribution < -0.4 is 11.1 Å². The van der Waals surface area contributed by atoms with Crippen LogP contribution in [-0.2, 0) is 11.2 Å². The molecule has 0 spiro atoms. The zero-order valence-electron chi connectivity index (χ0n) is 14.0. The van der Waals surface area contributed by atoms with Crippen molar-refractivity contribution in [1.82, 2.24) is 4.90 Å². The van der Waals surface area contributed by atoms with Gasteiger partial charge in [-0.25, -0.2) is 0 Å². The Balaban J connectivity index is 1.90. The first-order valence-corrected chi connectivity index (χ1v) is 8.90. The third kappa shape index (κ3) is 6.07. The number of hydrogen-bond acceptors (Lipinski definition) is 3. The fraction of sp³-hybridized carbons (Fsp3) is 0.316. The minimum atomic E-state index is -0.0268. The maximum absolute atomic E-state index is 12.3. The summed E-state index contributed by atoms with van der Waals surface area (Å²) in [6, 6.07) is 16.2. The molecule has 0 aromatic heterocycles. The van der Waals surface area contributed by atoms with Gasteiger partial charge in [-0.15, -0.1) is 0 Å². The molecule has 0 aliphatic rings. The summed E-state index contributed by atoms with van der Waals surface area (Å²) >= 11 is 3.49. The lowest BCUT2D eigenvalue weighted by molar-refractivity contribution is -0.117. The van der Waals surface area contributed by atoms with E-state index in [2.05, 4.69) is 38.3 Å². The second-order valence-corrected chi connectivity index (χ2v) is 6.69. The number of carbonyl (C=O) groups excluding carboxylic acids is 1. The Hall–Kier alpha value is -1.69. The molecule has 128 valence electrons. The van der Waals surface area contributed by atoms with E-state index in [1.807, 2.05) is 43.3 Å². The van der Waals surface area contributed by atoms with Gasteiger partial charge in [0.25, 0.3) is 0 Å². The van der Waals surface area contributed by atoms with Crippen LogP contribution >= 0.6 is 15.9 Å². The maximum atomic E-state index is 12.3. The summed E-state index contributed by atoms with van der Waals surface area (Å²) in [5.41, 5.74) is 8.89. The van der Waals surface area contributed by atoms with Gasteiger partial charge >= 0.3 is 0 Å². The van der Waals surface area contributed by atoms with Crippen molar-refractivity contribution in [3.05, 3.63) is 64.1 Å². The summed E-state index contributed by atoms with van der Waals surface area (Å²) < 4.78 is 0.894. The van der Waals surface area contributed by atoms with E-state index < -0.39 is 0 Å². The molecule has 24 heavy (non-hydrogen) atoms. The quantitative estimate of drug-likeness (QED) is 0.728. The second-order valence-electron chi connectivity index (χ2n) is 5.83. The molecule has 0 heterocycles. The predicted molar refractivity (Wildman–Crippen MR) is 103 cm³/mol. The van der Waals surface area contributed by atoms with Gasteiger partial charge in [0.05, 0.1) is 12.2 Å². The van der Waals surface area contributed by atoms with Crippen molar-refractivity contribution in [1.29, 1.82) is 0 Å². The van der Waals surface area contributed by atoms with Crippen molar-refractivity contribution in [3.8, 4) is 0 Å². The maximum Gasteiger partial charge on any atom is 0.238 e. The molecule has 0 saturated carbocycles. The van der Waals surface area contributed by atoms with Gasteiger partial charge in [-0.3, -0.25) is 9.69 Å². The molecular weight excluding hydrogens is 366 g/mol. The van der Waals surface area contributed by atoms with E-state index in [0.717, 1.165) is 28.7 Å². The first kappa shape index (κ1) is 18.6. The van der Waals surface area contributed by atoms with Crippen molar-refractivity contribution in [3.63, 3.8) is 0 Å². The Morgan fingerprint density at radius 2 is 1.92 bits per heavy atom. The van der Waals surface area contributed by atoms with Crippen LogP contribution in [0, 0.1) is 6.92 Å². The number of aryl methyl sites for hydroxylation is 1. The molecule has 0 bridgehead atoms. The van der Waals surface area contributed by atoms with E-state index in [0.29, 0.717) is 19.6 Å². The number of benzene rings is 2. The SMILES string of the molecule is Cc1ccc(NC(=O)CN(CCN)CCc2ccccc2)c(Br)c1. The Morgan fingerprint density at radius 3 is 2.58 bits per heavy atom. The van der Waals surface area contributed by atoms with Gasteiger partial charge in [-0.2, -0.15) is 0 Å². The first-order valence-electron chi connectivity index (χ1n) is 8.11. The lowest BCUT2D eigenvalue weighted by atomic mass is 10.1. The van der Waals surface area contributed by atoms with Crippen LogP contribution in [0.2, 0.25) is 0 Å². The van der Waals surface area contributed by atoms with E-state index in [1.54, 1.807) is 0 Å². The smallest absolute Gasteiger partial charge is 0.238 e. The molecule has 0 aliphatic heterocycles. The van der Waals surface area contributed by atoms with Crippen LogP contribution in [0.15, 0.2) is 53.0 Å². The summed E-state index contributed by atoms with van der Waals surface area (Å²) in [6.07, 6.45) is 0.905. The number of nitrogens with zero attached hydrogens (tertiary/aromatic N) is 1. The Kier molecular flexibility index (Phi) is 7.43. The highest BCUT2D eigenvalue weighted by Gasteiger charge is 2.12. The van der Waals surface area contributed by atoms with Crippen LogP contribution in [-0.4, -0.2) is 37.0 Å². The topological polar surface area (TPSA) is 58.4 Å². The lowest BCUT2D eigenvalue weighted by Crippen LogP contribution is -2.38. The Bertz CT molecular complexity index is 661. The fourth-order valence-electron chi connectivity index (χ4n) is 2.50. The molecule has 5 heteroatoms. The highest BCUT2D eigenvalue weighted by atomic mass is 79.9. The number of amides is 1. The molecule has 4 nitrogen and oxygen atoms in total. The standard InChI is InChI=1S/C19H24BrN3O/c1-15-7-8-18(17(20)13-15)22-19(24)14-23(12-10-21)11-9-16-5-3-2-4-6-16/h2-8,13H,9-12,14,21H2,1H3,(H,22,24). The van der Waals surface area contributed by atoms with Crippen LogP contribution in [0.5, 0.6) is 0 Å². The molecule has 1 amide bonds. The highest BCUT2D eigenvalue weighted by Crippen LogP contribution is 2.23. The molecule has 2 aromatic carbocycles. The summed E-state index contributed by atoms with van der Waals surface area (Å²) in [5.74, 6) is -0.0268. The molecule has 0 aliphatic carbocycles. The molecule has 3 N–H and O–H groups in total. The van der Waals surface area contributed by atoms with Crippen molar-refractivity contribution in [2.75, 3.05) is 31.5 Å². The van der Waals surface area contributed by atoms with Gasteiger partial charge in [0.1, 0.15) is 0 Å². The number of halogens is 1. The largest absolute Gasteiger partial charge is 0.329 e. The molecule has 0 unspecified atom stereocenters. The van der Waals surface area contributed by atoms with Crippen molar-refractivity contribution < 1.29 is 4.79 Å². The third-order valence-electron chi connectivity index (χ3n) is 3.77.